The van der Waals surface area contributed by atoms with Crippen molar-refractivity contribution in [3.05, 3.63) is 84.9 Å². The molecule has 4 rings (SSSR count). The second-order valence-electron chi connectivity index (χ2n) is 4.28. The van der Waals surface area contributed by atoms with Crippen molar-refractivity contribution in [3.63, 3.8) is 0 Å². The van der Waals surface area contributed by atoms with Crippen LogP contribution in [0, 0.1) is 0 Å². The largest absolute Gasteiger partial charge is 0.214 e. The first-order valence-corrected chi connectivity index (χ1v) is 9.04. The minimum absolute atomic E-state index is 1.06. The van der Waals surface area contributed by atoms with Crippen molar-refractivity contribution in [2.45, 2.75) is 0 Å². The molecule has 0 saturated carbocycles. The maximum Gasteiger partial charge on any atom is -0.0771 e. The van der Waals surface area contributed by atoms with Gasteiger partial charge in [0.2, 0.25) is 0 Å². The fraction of sp³-hybridized carbons (Fsp3) is 0. The van der Waals surface area contributed by atoms with Crippen molar-refractivity contribution in [3.8, 4) is 0 Å². The quantitative estimate of drug-likeness (QED) is 0.274. The normalized spacial score (nSPS) is 9.50. The van der Waals surface area contributed by atoms with Gasteiger partial charge in [-0.3, -0.25) is 0 Å². The summed E-state index contributed by atoms with van der Waals surface area (Å²) in [5.41, 5.74) is 0. The SMILES string of the molecule is [CH2]=[Hf+2].c1cc[cH-]c1.c1ccc2c(c1)[cH-]c1ccccc12. The van der Waals surface area contributed by atoms with E-state index in [-0.39, 0.29) is 0 Å². The van der Waals surface area contributed by atoms with E-state index in [4.69, 9.17) is 0 Å². The zero-order valence-corrected chi connectivity index (χ0v) is 14.9. The molecule has 0 saturated heterocycles. The molecule has 4 aromatic rings. The molecule has 0 spiro atoms. The van der Waals surface area contributed by atoms with Crippen LogP contribution in [0.3, 0.4) is 0 Å². The minimum atomic E-state index is 1.06. The molecule has 20 heavy (non-hydrogen) atoms. The van der Waals surface area contributed by atoms with Crippen molar-refractivity contribution < 1.29 is 23.9 Å². The summed E-state index contributed by atoms with van der Waals surface area (Å²) in [6, 6.07) is 29.3. The molecule has 0 amide bonds. The third kappa shape index (κ3) is 3.49. The standard InChI is InChI=1S/C13H9.C5H5.CH2.Hf/c1-3-7-12-10(5-1)9-11-6-2-4-8-13(11)12;1-2-4-5-3-1;;/h1-9H;1-5H;1H2;/q2*-1;;+2. The van der Waals surface area contributed by atoms with Gasteiger partial charge in [-0.25, -0.2) is 12.1 Å². The maximum absolute atomic E-state index is 3.39. The van der Waals surface area contributed by atoms with Gasteiger partial charge >= 0.3 is 28.2 Å². The van der Waals surface area contributed by atoms with E-state index in [9.17, 15) is 0 Å². The summed E-state index contributed by atoms with van der Waals surface area (Å²) < 4.78 is 3.39. The number of benzene rings is 2. The number of hydrogen-bond acceptors (Lipinski definition) is 0. The molecule has 96 valence electrons. The van der Waals surface area contributed by atoms with Crippen LogP contribution in [0.1, 0.15) is 0 Å². The molecule has 0 heterocycles. The predicted octanol–water partition coefficient (Wildman–Crippen LogP) is 5.08. The van der Waals surface area contributed by atoms with Crippen LogP contribution in [-0.4, -0.2) is 4.26 Å². The first kappa shape index (κ1) is 14.8. The third-order valence-corrected chi connectivity index (χ3v) is 3.08. The smallest absolute Gasteiger partial charge is 0.0771 e. The molecule has 0 unspecified atom stereocenters. The molecule has 0 atom stereocenters. The fourth-order valence-corrected chi connectivity index (χ4v) is 2.22. The van der Waals surface area contributed by atoms with Gasteiger partial charge in [0.15, 0.2) is 0 Å². The molecule has 0 aliphatic carbocycles. The average molecular weight is 423 g/mol. The van der Waals surface area contributed by atoms with Crippen LogP contribution in [-0.2, 0) is 23.9 Å². The van der Waals surface area contributed by atoms with E-state index in [1.54, 1.807) is 0 Å². The van der Waals surface area contributed by atoms with Crippen LogP contribution >= 0.6 is 0 Å². The van der Waals surface area contributed by atoms with Gasteiger partial charge in [0.1, 0.15) is 0 Å². The monoisotopic (exact) mass is 424 g/mol. The van der Waals surface area contributed by atoms with Crippen molar-refractivity contribution in [1.82, 2.24) is 0 Å². The van der Waals surface area contributed by atoms with Gasteiger partial charge in [0.05, 0.1) is 0 Å². The summed E-state index contributed by atoms with van der Waals surface area (Å²) in [6.07, 6.45) is 0. The van der Waals surface area contributed by atoms with Crippen LogP contribution in [0.25, 0.3) is 21.5 Å². The van der Waals surface area contributed by atoms with Crippen LogP contribution in [0.4, 0.5) is 0 Å². The van der Waals surface area contributed by atoms with Crippen molar-refractivity contribution >= 4 is 25.8 Å². The Bertz CT molecular complexity index is 680. The molecule has 0 fully saturated rings. The Morgan fingerprint density at radius 3 is 1.50 bits per heavy atom. The van der Waals surface area contributed by atoms with E-state index in [1.165, 1.54) is 21.5 Å². The second-order valence-corrected chi connectivity index (χ2v) is 4.28. The Labute approximate surface area is 134 Å². The summed E-state index contributed by atoms with van der Waals surface area (Å²) in [6.45, 7) is 0. The number of rotatable bonds is 0. The molecule has 0 N–H and O–H groups in total. The maximum atomic E-state index is 3.39. The Kier molecular flexibility index (Phi) is 5.82. The van der Waals surface area contributed by atoms with Crippen molar-refractivity contribution in [1.29, 1.82) is 0 Å². The zero-order valence-electron chi connectivity index (χ0n) is 11.3. The summed E-state index contributed by atoms with van der Waals surface area (Å²) in [5.74, 6) is 0. The Balaban J connectivity index is 0.000000177. The predicted molar refractivity (Wildman–Crippen MR) is 86.2 cm³/mol. The summed E-state index contributed by atoms with van der Waals surface area (Å²) in [5, 5.41) is 5.39. The molecule has 4 aromatic carbocycles. The van der Waals surface area contributed by atoms with Crippen LogP contribution in [0.5, 0.6) is 0 Å². The van der Waals surface area contributed by atoms with E-state index < -0.39 is 0 Å². The van der Waals surface area contributed by atoms with Gasteiger partial charge < -0.3 is 0 Å². The first-order valence-electron chi connectivity index (χ1n) is 6.50. The van der Waals surface area contributed by atoms with Crippen molar-refractivity contribution in [2.24, 2.45) is 0 Å². The van der Waals surface area contributed by atoms with E-state index >= 15 is 0 Å². The molecule has 0 nitrogen and oxygen atoms in total. The molecule has 1 heteroatoms. The van der Waals surface area contributed by atoms with Gasteiger partial charge in [0.25, 0.3) is 0 Å². The van der Waals surface area contributed by atoms with Crippen LogP contribution in [0.15, 0.2) is 84.9 Å². The second kappa shape index (κ2) is 7.86. The average Bonchev–Trinajstić information content (AvgIpc) is 3.20. The molecule has 0 radical (unpaired) electrons. The third-order valence-electron chi connectivity index (χ3n) is 3.08. The summed E-state index contributed by atoms with van der Waals surface area (Å²) >= 11 is 1.06. The van der Waals surface area contributed by atoms with Crippen LogP contribution < -0.4 is 0 Å². The topological polar surface area (TPSA) is 0 Å². The Morgan fingerprint density at radius 2 is 1.10 bits per heavy atom. The zero-order chi connectivity index (χ0) is 14.2. The van der Waals surface area contributed by atoms with Gasteiger partial charge in [0, 0.05) is 0 Å². The molecule has 0 aromatic heterocycles. The molecular weight excluding hydrogens is 407 g/mol. The van der Waals surface area contributed by atoms with E-state index in [1.807, 2.05) is 30.3 Å². The van der Waals surface area contributed by atoms with Gasteiger partial charge in [-0.1, -0.05) is 36.4 Å². The van der Waals surface area contributed by atoms with Crippen LogP contribution in [0.2, 0.25) is 0 Å². The first-order chi connectivity index (χ1) is 9.95. The van der Waals surface area contributed by atoms with Gasteiger partial charge in [-0.15, -0.1) is 39.7 Å². The summed E-state index contributed by atoms with van der Waals surface area (Å²) in [4.78, 5) is 0. The molecule has 0 aliphatic heterocycles. The Morgan fingerprint density at radius 1 is 0.650 bits per heavy atom. The number of fused-ring (bicyclic) bond motifs is 3. The van der Waals surface area contributed by atoms with Crippen molar-refractivity contribution in [2.75, 3.05) is 0 Å². The van der Waals surface area contributed by atoms with E-state index in [0.717, 1.165) is 23.9 Å². The van der Waals surface area contributed by atoms with E-state index in [0.29, 0.717) is 0 Å². The molecular formula is C19H16Hf. The molecule has 0 aliphatic rings. The Hall–Kier alpha value is -1.60. The number of hydrogen-bond donors (Lipinski definition) is 0. The van der Waals surface area contributed by atoms with Gasteiger partial charge in [-0.2, -0.15) is 18.2 Å². The molecule has 0 bridgehead atoms. The minimum Gasteiger partial charge on any atom is -0.214 e. The summed E-state index contributed by atoms with van der Waals surface area (Å²) in [7, 11) is 0. The van der Waals surface area contributed by atoms with E-state index in [2.05, 4.69) is 58.9 Å². The fourth-order valence-electron chi connectivity index (χ4n) is 2.22. The van der Waals surface area contributed by atoms with Gasteiger partial charge in [-0.05, 0) is 0 Å².